The number of hydrogen-bond donors (Lipinski definition) is 1. The molecule has 2 fully saturated rings. The average Bonchev–Trinajstić information content (AvgIpc) is 3.44. The van der Waals surface area contributed by atoms with Gasteiger partial charge in [-0.15, -0.1) is 0 Å². The summed E-state index contributed by atoms with van der Waals surface area (Å²) in [5.41, 5.74) is 2.16. The van der Waals surface area contributed by atoms with Crippen LogP contribution in [0.15, 0.2) is 60.9 Å². The van der Waals surface area contributed by atoms with Gasteiger partial charge in [-0.1, -0.05) is 24.3 Å². The van der Waals surface area contributed by atoms with Crippen molar-refractivity contribution in [3.05, 3.63) is 66.5 Å². The molecule has 6 heteroatoms. The van der Waals surface area contributed by atoms with Gasteiger partial charge in [0.15, 0.2) is 0 Å². The zero-order valence-corrected chi connectivity index (χ0v) is 19.1. The molecule has 0 amide bonds. The van der Waals surface area contributed by atoms with Crippen molar-refractivity contribution in [1.29, 1.82) is 0 Å². The zero-order chi connectivity index (χ0) is 22.7. The van der Waals surface area contributed by atoms with E-state index in [0.29, 0.717) is 19.3 Å². The summed E-state index contributed by atoms with van der Waals surface area (Å²) in [5.74, 6) is 0.719. The lowest BCUT2D eigenvalue weighted by atomic mass is 10.1. The number of aromatic nitrogens is 1. The number of nitrogens with zero attached hydrogens (tertiary/aromatic N) is 2. The molecule has 1 unspecified atom stereocenters. The van der Waals surface area contributed by atoms with Crippen LogP contribution in [0, 0.1) is 5.41 Å². The minimum absolute atomic E-state index is 0.0998. The number of ether oxygens (including phenoxy) is 2. The Hall–Kier alpha value is -3.12. The molecule has 0 spiro atoms. The molecular formula is C27H31N3O3. The number of carbonyl (C=O) groups is 1. The standard InChI is InChI=1S/C27H31N3O3/c1-27(10-11-27)26(31)33-15-14-32-23-6-2-4-20(16-23)18-30-13-9-22(19-30)29-25-7-3-5-21-17-28-12-8-24(21)25/h2-8,12,16-17,22,29H,9-11,13-15,18-19H2,1H3. The third kappa shape index (κ3) is 5.28. The summed E-state index contributed by atoms with van der Waals surface area (Å²) in [6.45, 7) is 5.58. The Bertz CT molecular complexity index is 1120. The Labute approximate surface area is 194 Å². The fourth-order valence-electron chi connectivity index (χ4n) is 4.41. The molecule has 6 nitrogen and oxygen atoms in total. The lowest BCUT2D eigenvalue weighted by Gasteiger charge is -2.19. The van der Waals surface area contributed by atoms with E-state index in [0.717, 1.165) is 50.0 Å². The molecule has 172 valence electrons. The highest BCUT2D eigenvalue weighted by atomic mass is 16.6. The molecule has 2 aromatic carbocycles. The predicted molar refractivity (Wildman–Crippen MR) is 129 cm³/mol. The summed E-state index contributed by atoms with van der Waals surface area (Å²) < 4.78 is 11.2. The molecule has 33 heavy (non-hydrogen) atoms. The highest BCUT2D eigenvalue weighted by molar-refractivity contribution is 5.93. The Kier molecular flexibility index (Phi) is 6.18. The monoisotopic (exact) mass is 445 g/mol. The van der Waals surface area contributed by atoms with Crippen LogP contribution in [0.25, 0.3) is 10.8 Å². The molecule has 1 saturated carbocycles. The number of esters is 1. The van der Waals surface area contributed by atoms with Crippen LogP contribution in [0.1, 0.15) is 31.7 Å². The van der Waals surface area contributed by atoms with Crippen molar-refractivity contribution in [1.82, 2.24) is 9.88 Å². The fraction of sp³-hybridized carbons (Fsp3) is 0.407. The van der Waals surface area contributed by atoms with E-state index in [1.54, 1.807) is 0 Å². The third-order valence-corrected chi connectivity index (χ3v) is 6.70. The maximum absolute atomic E-state index is 11.9. The third-order valence-electron chi connectivity index (χ3n) is 6.70. The number of hydrogen-bond acceptors (Lipinski definition) is 6. The maximum Gasteiger partial charge on any atom is 0.311 e. The first-order valence-corrected chi connectivity index (χ1v) is 11.8. The topological polar surface area (TPSA) is 63.7 Å². The van der Waals surface area contributed by atoms with Crippen molar-refractivity contribution in [2.45, 2.75) is 38.8 Å². The Morgan fingerprint density at radius 1 is 1.18 bits per heavy atom. The summed E-state index contributed by atoms with van der Waals surface area (Å²) in [4.78, 5) is 18.6. The number of nitrogens with one attached hydrogen (secondary N) is 1. The highest BCUT2D eigenvalue weighted by Gasteiger charge is 2.46. The zero-order valence-electron chi connectivity index (χ0n) is 19.1. The molecule has 2 heterocycles. The van der Waals surface area contributed by atoms with Crippen molar-refractivity contribution >= 4 is 22.4 Å². The van der Waals surface area contributed by atoms with Gasteiger partial charge >= 0.3 is 5.97 Å². The average molecular weight is 446 g/mol. The van der Waals surface area contributed by atoms with Gasteiger partial charge in [0.1, 0.15) is 19.0 Å². The maximum atomic E-state index is 11.9. The van der Waals surface area contributed by atoms with Crippen molar-refractivity contribution in [3.63, 3.8) is 0 Å². The first-order chi connectivity index (χ1) is 16.1. The lowest BCUT2D eigenvalue weighted by Crippen LogP contribution is -2.26. The first kappa shape index (κ1) is 21.7. The molecule has 1 aliphatic carbocycles. The molecule has 3 aromatic rings. The SMILES string of the molecule is CC1(C(=O)OCCOc2cccc(CN3CCC(Nc4cccc5cnccc45)C3)c2)CC1. The second kappa shape index (κ2) is 9.40. The van der Waals surface area contributed by atoms with E-state index >= 15 is 0 Å². The van der Waals surface area contributed by atoms with Crippen LogP contribution in [0.2, 0.25) is 0 Å². The van der Waals surface area contributed by atoms with Gasteiger partial charge in [0.25, 0.3) is 0 Å². The van der Waals surface area contributed by atoms with E-state index in [2.05, 4.69) is 51.6 Å². The van der Waals surface area contributed by atoms with Crippen LogP contribution in [0.4, 0.5) is 5.69 Å². The molecule has 5 rings (SSSR count). The van der Waals surface area contributed by atoms with Crippen molar-refractivity contribution in [2.75, 3.05) is 31.6 Å². The molecular weight excluding hydrogens is 414 g/mol. The fourth-order valence-corrected chi connectivity index (χ4v) is 4.41. The molecule has 0 radical (unpaired) electrons. The number of likely N-dealkylation sites (tertiary alicyclic amines) is 1. The van der Waals surface area contributed by atoms with Gasteiger partial charge in [0.05, 0.1) is 5.41 Å². The van der Waals surface area contributed by atoms with Gasteiger partial charge in [-0.3, -0.25) is 14.7 Å². The predicted octanol–water partition coefficient (Wildman–Crippen LogP) is 4.64. The Morgan fingerprint density at radius 3 is 2.94 bits per heavy atom. The molecule has 0 bridgehead atoms. The normalized spacial score (nSPS) is 19.4. The summed E-state index contributed by atoms with van der Waals surface area (Å²) in [7, 11) is 0. The van der Waals surface area contributed by atoms with Crippen LogP contribution in [0.3, 0.4) is 0 Å². The number of fused-ring (bicyclic) bond motifs is 1. The van der Waals surface area contributed by atoms with Crippen molar-refractivity contribution in [3.8, 4) is 5.75 Å². The van der Waals surface area contributed by atoms with Crippen LogP contribution in [-0.2, 0) is 16.1 Å². The second-order valence-electron chi connectivity index (χ2n) is 9.46. The van der Waals surface area contributed by atoms with Crippen LogP contribution < -0.4 is 10.1 Å². The number of pyridine rings is 1. The van der Waals surface area contributed by atoms with E-state index in [1.807, 2.05) is 31.5 Å². The summed E-state index contributed by atoms with van der Waals surface area (Å²) in [6, 6.07) is 17.0. The van der Waals surface area contributed by atoms with Gasteiger partial charge in [-0.2, -0.15) is 0 Å². The molecule has 1 N–H and O–H groups in total. The van der Waals surface area contributed by atoms with Gasteiger partial charge in [0, 0.05) is 54.5 Å². The Morgan fingerprint density at radius 2 is 2.06 bits per heavy atom. The van der Waals surface area contributed by atoms with E-state index in [4.69, 9.17) is 9.47 Å². The molecule has 1 saturated heterocycles. The minimum Gasteiger partial charge on any atom is -0.490 e. The quantitative estimate of drug-likeness (QED) is 0.382. The van der Waals surface area contributed by atoms with Gasteiger partial charge in [-0.25, -0.2) is 0 Å². The molecule has 1 aromatic heterocycles. The molecule has 1 atom stereocenters. The number of anilines is 1. The minimum atomic E-state index is -0.243. The second-order valence-corrected chi connectivity index (χ2v) is 9.46. The number of rotatable bonds is 9. The van der Waals surface area contributed by atoms with Crippen molar-refractivity contribution in [2.24, 2.45) is 5.41 Å². The van der Waals surface area contributed by atoms with Crippen LogP contribution in [-0.4, -0.2) is 48.2 Å². The van der Waals surface area contributed by atoms with Gasteiger partial charge < -0.3 is 14.8 Å². The molecule has 1 aliphatic heterocycles. The number of carbonyl (C=O) groups excluding carboxylic acids is 1. The summed E-state index contributed by atoms with van der Waals surface area (Å²) >= 11 is 0. The highest BCUT2D eigenvalue weighted by Crippen LogP contribution is 2.45. The van der Waals surface area contributed by atoms with Crippen LogP contribution >= 0.6 is 0 Å². The van der Waals surface area contributed by atoms with Gasteiger partial charge in [-0.05, 0) is 56.0 Å². The van der Waals surface area contributed by atoms with E-state index in [-0.39, 0.29) is 11.4 Å². The smallest absolute Gasteiger partial charge is 0.311 e. The molecule has 2 aliphatic rings. The first-order valence-electron chi connectivity index (χ1n) is 11.8. The summed E-state index contributed by atoms with van der Waals surface area (Å²) in [6.07, 6.45) is 6.73. The van der Waals surface area contributed by atoms with E-state index in [9.17, 15) is 4.79 Å². The van der Waals surface area contributed by atoms with Crippen molar-refractivity contribution < 1.29 is 14.3 Å². The number of benzene rings is 2. The van der Waals surface area contributed by atoms with Crippen LogP contribution in [0.5, 0.6) is 5.75 Å². The lowest BCUT2D eigenvalue weighted by molar-refractivity contribution is -0.150. The Balaban J connectivity index is 1.10. The van der Waals surface area contributed by atoms with E-state index in [1.165, 1.54) is 16.6 Å². The summed E-state index contributed by atoms with van der Waals surface area (Å²) in [5, 5.41) is 6.11. The largest absolute Gasteiger partial charge is 0.490 e. The van der Waals surface area contributed by atoms with E-state index < -0.39 is 0 Å². The van der Waals surface area contributed by atoms with Gasteiger partial charge in [0.2, 0.25) is 0 Å².